The second kappa shape index (κ2) is 5.61. The molecule has 0 radical (unpaired) electrons. The van der Waals surface area contributed by atoms with Gasteiger partial charge in [0.1, 0.15) is 5.82 Å². The Morgan fingerprint density at radius 1 is 1.41 bits per heavy atom. The first-order valence-electron chi connectivity index (χ1n) is 5.85. The Labute approximate surface area is 101 Å². The van der Waals surface area contributed by atoms with Gasteiger partial charge in [0.2, 0.25) is 10.0 Å². The Hall–Kier alpha value is -0.920. The topological polar surface area (TPSA) is 86.9 Å². The normalized spacial score (nSPS) is 16.2. The van der Waals surface area contributed by atoms with Crippen molar-refractivity contribution in [2.45, 2.75) is 25.3 Å². The highest BCUT2D eigenvalue weighted by Gasteiger charge is 2.21. The maximum Gasteiger partial charge on any atom is 0.212 e. The molecule has 0 spiro atoms. The number of H-pyrrole nitrogens is 1. The third kappa shape index (κ3) is 4.84. The summed E-state index contributed by atoms with van der Waals surface area (Å²) in [7, 11) is -3.16. The molecule has 2 rings (SSSR count). The highest BCUT2D eigenvalue weighted by Crippen LogP contribution is 2.17. The zero-order chi connectivity index (χ0) is 12.1. The molecule has 0 amide bonds. The van der Waals surface area contributed by atoms with Crippen LogP contribution >= 0.6 is 0 Å². The van der Waals surface area contributed by atoms with E-state index in [9.17, 15) is 8.42 Å². The summed E-state index contributed by atoms with van der Waals surface area (Å²) in [6, 6.07) is 0.549. The fraction of sp³-hybridized carbons (Fsp3) is 0.700. The summed E-state index contributed by atoms with van der Waals surface area (Å²) in [6.07, 6.45) is 6.31. The van der Waals surface area contributed by atoms with Gasteiger partial charge < -0.3 is 10.3 Å². The second-order valence-electron chi connectivity index (χ2n) is 4.23. The molecule has 1 fully saturated rings. The molecular formula is C10H18N4O2S. The van der Waals surface area contributed by atoms with Crippen molar-refractivity contribution < 1.29 is 8.42 Å². The number of aromatic amines is 1. The van der Waals surface area contributed by atoms with Gasteiger partial charge >= 0.3 is 0 Å². The molecule has 0 bridgehead atoms. The minimum Gasteiger partial charge on any atom is -0.349 e. The SMILES string of the molecule is O=S(=O)(CCNC1CC1)NCCc1ncc[nH]1. The maximum atomic E-state index is 11.6. The highest BCUT2D eigenvalue weighted by molar-refractivity contribution is 7.89. The summed E-state index contributed by atoms with van der Waals surface area (Å²) >= 11 is 0. The molecule has 1 aromatic rings. The van der Waals surface area contributed by atoms with E-state index in [1.54, 1.807) is 12.4 Å². The molecule has 6 nitrogen and oxygen atoms in total. The van der Waals surface area contributed by atoms with Crippen LogP contribution < -0.4 is 10.0 Å². The van der Waals surface area contributed by atoms with Crippen molar-refractivity contribution in [3.05, 3.63) is 18.2 Å². The Morgan fingerprint density at radius 2 is 2.24 bits per heavy atom. The molecule has 96 valence electrons. The fourth-order valence-electron chi connectivity index (χ4n) is 1.52. The lowest BCUT2D eigenvalue weighted by Crippen LogP contribution is -2.33. The molecule has 1 saturated carbocycles. The first kappa shape index (κ1) is 12.5. The Morgan fingerprint density at radius 3 is 2.88 bits per heavy atom. The summed E-state index contributed by atoms with van der Waals surface area (Å²) in [4.78, 5) is 6.96. The van der Waals surface area contributed by atoms with Crippen LogP contribution in [0.25, 0.3) is 0 Å². The van der Waals surface area contributed by atoms with Crippen molar-refractivity contribution in [2.24, 2.45) is 0 Å². The summed E-state index contributed by atoms with van der Waals surface area (Å²) in [6.45, 7) is 0.917. The molecule has 1 aromatic heterocycles. The lowest BCUT2D eigenvalue weighted by molar-refractivity contribution is 0.576. The molecule has 0 aliphatic heterocycles. The van der Waals surface area contributed by atoms with Crippen LogP contribution in [0.4, 0.5) is 0 Å². The van der Waals surface area contributed by atoms with E-state index in [0.29, 0.717) is 25.6 Å². The van der Waals surface area contributed by atoms with Crippen molar-refractivity contribution in [3.63, 3.8) is 0 Å². The lowest BCUT2D eigenvalue weighted by atomic mass is 10.4. The Balaban J connectivity index is 1.62. The van der Waals surface area contributed by atoms with Crippen LogP contribution in [-0.4, -0.2) is 43.3 Å². The molecule has 3 N–H and O–H groups in total. The summed E-state index contributed by atoms with van der Waals surface area (Å²) in [5, 5.41) is 3.18. The lowest BCUT2D eigenvalue weighted by Gasteiger charge is -2.06. The Bertz CT molecular complexity index is 425. The van der Waals surface area contributed by atoms with Gasteiger partial charge in [0, 0.05) is 37.9 Å². The van der Waals surface area contributed by atoms with Gasteiger partial charge in [-0.1, -0.05) is 0 Å². The average molecular weight is 258 g/mol. The molecule has 17 heavy (non-hydrogen) atoms. The summed E-state index contributed by atoms with van der Waals surface area (Å²) < 4.78 is 25.7. The van der Waals surface area contributed by atoms with Crippen LogP contribution in [-0.2, 0) is 16.4 Å². The predicted octanol–water partition coefficient (Wildman–Crippen LogP) is -0.376. The van der Waals surface area contributed by atoms with Crippen LogP contribution in [0.5, 0.6) is 0 Å². The van der Waals surface area contributed by atoms with E-state index in [4.69, 9.17) is 0 Å². The molecule has 7 heteroatoms. The molecule has 0 aromatic carbocycles. The van der Waals surface area contributed by atoms with Gasteiger partial charge in [-0.25, -0.2) is 18.1 Å². The van der Waals surface area contributed by atoms with Gasteiger partial charge in [0.25, 0.3) is 0 Å². The van der Waals surface area contributed by atoms with Crippen molar-refractivity contribution in [1.29, 1.82) is 0 Å². The third-order valence-corrected chi connectivity index (χ3v) is 4.01. The van der Waals surface area contributed by atoms with Gasteiger partial charge in [-0.3, -0.25) is 0 Å². The van der Waals surface area contributed by atoms with Crippen LogP contribution in [0, 0.1) is 0 Å². The van der Waals surface area contributed by atoms with Crippen molar-refractivity contribution in [1.82, 2.24) is 20.0 Å². The largest absolute Gasteiger partial charge is 0.349 e. The molecule has 1 aliphatic rings. The van der Waals surface area contributed by atoms with Crippen molar-refractivity contribution >= 4 is 10.0 Å². The summed E-state index contributed by atoms with van der Waals surface area (Å²) in [5.74, 6) is 0.936. The van der Waals surface area contributed by atoms with Gasteiger partial charge in [0.15, 0.2) is 0 Å². The smallest absolute Gasteiger partial charge is 0.212 e. The first-order chi connectivity index (χ1) is 8.16. The monoisotopic (exact) mass is 258 g/mol. The number of hydrogen-bond acceptors (Lipinski definition) is 4. The van der Waals surface area contributed by atoms with Gasteiger partial charge in [-0.15, -0.1) is 0 Å². The van der Waals surface area contributed by atoms with E-state index in [-0.39, 0.29) is 5.75 Å². The molecule has 0 unspecified atom stereocenters. The zero-order valence-electron chi connectivity index (χ0n) is 9.65. The molecule has 1 aliphatic carbocycles. The van der Waals surface area contributed by atoms with Crippen LogP contribution in [0.1, 0.15) is 18.7 Å². The minimum atomic E-state index is -3.16. The Kier molecular flexibility index (Phi) is 4.14. The van der Waals surface area contributed by atoms with Gasteiger partial charge in [0.05, 0.1) is 5.75 Å². The number of sulfonamides is 1. The highest BCUT2D eigenvalue weighted by atomic mass is 32.2. The number of aromatic nitrogens is 2. The number of nitrogens with one attached hydrogen (secondary N) is 3. The standard InChI is InChI=1S/C10H18N4O2S/c15-17(16,8-7-11-9-1-2-9)14-4-3-10-12-5-6-13-10/h5-6,9,11,14H,1-4,7-8H2,(H,12,13). The molecule has 1 heterocycles. The summed E-state index contributed by atoms with van der Waals surface area (Å²) in [5.41, 5.74) is 0. The maximum absolute atomic E-state index is 11.6. The second-order valence-corrected chi connectivity index (χ2v) is 6.15. The average Bonchev–Trinajstić information content (AvgIpc) is 2.93. The van der Waals surface area contributed by atoms with E-state index in [1.165, 1.54) is 12.8 Å². The zero-order valence-corrected chi connectivity index (χ0v) is 10.5. The van der Waals surface area contributed by atoms with E-state index < -0.39 is 10.0 Å². The number of hydrogen-bond donors (Lipinski definition) is 3. The van der Waals surface area contributed by atoms with E-state index >= 15 is 0 Å². The van der Waals surface area contributed by atoms with Gasteiger partial charge in [-0.2, -0.15) is 0 Å². The molecule has 0 atom stereocenters. The van der Waals surface area contributed by atoms with E-state index in [2.05, 4.69) is 20.0 Å². The van der Waals surface area contributed by atoms with E-state index in [0.717, 1.165) is 5.82 Å². The molecule has 0 saturated heterocycles. The fourth-order valence-corrected chi connectivity index (χ4v) is 2.46. The van der Waals surface area contributed by atoms with E-state index in [1.807, 2.05) is 0 Å². The molecular weight excluding hydrogens is 240 g/mol. The number of imidazole rings is 1. The predicted molar refractivity (Wildman–Crippen MR) is 65.1 cm³/mol. The first-order valence-corrected chi connectivity index (χ1v) is 7.50. The van der Waals surface area contributed by atoms with Crippen molar-refractivity contribution in [3.8, 4) is 0 Å². The number of rotatable bonds is 8. The quantitative estimate of drug-likeness (QED) is 0.593. The van der Waals surface area contributed by atoms with Crippen LogP contribution in [0.15, 0.2) is 12.4 Å². The van der Waals surface area contributed by atoms with Gasteiger partial charge in [-0.05, 0) is 12.8 Å². The van der Waals surface area contributed by atoms with Crippen LogP contribution in [0.2, 0.25) is 0 Å². The van der Waals surface area contributed by atoms with Crippen molar-refractivity contribution in [2.75, 3.05) is 18.8 Å². The minimum absolute atomic E-state index is 0.141. The third-order valence-electron chi connectivity index (χ3n) is 2.62. The number of nitrogens with zero attached hydrogens (tertiary/aromatic N) is 1. The van der Waals surface area contributed by atoms with Crippen LogP contribution in [0.3, 0.4) is 0 Å².